The van der Waals surface area contributed by atoms with E-state index in [0.717, 1.165) is 48.9 Å². The van der Waals surface area contributed by atoms with Crippen LogP contribution in [0.3, 0.4) is 0 Å². The zero-order chi connectivity index (χ0) is 18.6. The zero-order valence-electron chi connectivity index (χ0n) is 15.9. The van der Waals surface area contributed by atoms with Gasteiger partial charge < -0.3 is 10.3 Å². The summed E-state index contributed by atoms with van der Waals surface area (Å²) in [7, 11) is 0. The van der Waals surface area contributed by atoms with Crippen molar-refractivity contribution in [3.05, 3.63) is 81.6 Å². The molecule has 4 nitrogen and oxygen atoms in total. The van der Waals surface area contributed by atoms with Crippen molar-refractivity contribution in [3.63, 3.8) is 0 Å². The fourth-order valence-corrected chi connectivity index (χ4v) is 3.89. The molecule has 0 radical (unpaired) electrons. The van der Waals surface area contributed by atoms with Crippen molar-refractivity contribution < 1.29 is 0 Å². The molecule has 3 aromatic rings. The van der Waals surface area contributed by atoms with Gasteiger partial charge in [0.1, 0.15) is 0 Å². The van der Waals surface area contributed by atoms with Crippen LogP contribution in [0, 0.1) is 6.92 Å². The molecular formula is C23H27N3O. The van der Waals surface area contributed by atoms with E-state index in [1.54, 1.807) is 0 Å². The van der Waals surface area contributed by atoms with E-state index in [9.17, 15) is 4.79 Å². The Bertz CT molecular complexity index is 956. The lowest BCUT2D eigenvalue weighted by atomic mass is 10.0. The number of nitrogens with zero attached hydrogens (tertiary/aromatic N) is 1. The number of hydrogen-bond acceptors (Lipinski definition) is 3. The molecule has 1 saturated heterocycles. The number of aromatic amines is 1. The number of rotatable bonds is 5. The molecule has 4 heteroatoms. The third-order valence-corrected chi connectivity index (χ3v) is 5.49. The molecule has 2 heterocycles. The van der Waals surface area contributed by atoms with Crippen LogP contribution < -0.4 is 10.9 Å². The highest BCUT2D eigenvalue weighted by Crippen LogP contribution is 2.16. The Hall–Kier alpha value is -2.43. The highest BCUT2D eigenvalue weighted by atomic mass is 16.1. The predicted molar refractivity (Wildman–Crippen MR) is 111 cm³/mol. The van der Waals surface area contributed by atoms with Crippen molar-refractivity contribution in [2.24, 2.45) is 0 Å². The summed E-state index contributed by atoms with van der Waals surface area (Å²) in [6, 6.07) is 19.3. The molecule has 0 atom stereocenters. The maximum absolute atomic E-state index is 12.3. The summed E-state index contributed by atoms with van der Waals surface area (Å²) in [4.78, 5) is 17.9. The molecule has 0 saturated carbocycles. The molecule has 1 aliphatic rings. The van der Waals surface area contributed by atoms with Crippen molar-refractivity contribution in [3.8, 4) is 0 Å². The van der Waals surface area contributed by atoms with E-state index in [2.05, 4.69) is 58.5 Å². The first-order valence-electron chi connectivity index (χ1n) is 9.79. The van der Waals surface area contributed by atoms with Gasteiger partial charge in [-0.2, -0.15) is 0 Å². The minimum absolute atomic E-state index is 0.0142. The maximum atomic E-state index is 12.3. The molecule has 4 rings (SSSR count). The fourth-order valence-electron chi connectivity index (χ4n) is 3.89. The first-order valence-corrected chi connectivity index (χ1v) is 9.79. The van der Waals surface area contributed by atoms with E-state index in [1.807, 2.05) is 18.2 Å². The molecule has 27 heavy (non-hydrogen) atoms. The van der Waals surface area contributed by atoms with Crippen molar-refractivity contribution in [1.29, 1.82) is 0 Å². The Balaban J connectivity index is 1.33. The van der Waals surface area contributed by atoms with E-state index < -0.39 is 0 Å². The van der Waals surface area contributed by atoms with E-state index in [-0.39, 0.29) is 5.56 Å². The quantitative estimate of drug-likeness (QED) is 0.730. The van der Waals surface area contributed by atoms with Crippen LogP contribution in [0.5, 0.6) is 0 Å². The van der Waals surface area contributed by atoms with Crippen LogP contribution in [0.2, 0.25) is 0 Å². The van der Waals surface area contributed by atoms with Crippen LogP contribution in [0.25, 0.3) is 10.9 Å². The van der Waals surface area contributed by atoms with Crippen LogP contribution in [0.4, 0.5) is 0 Å². The van der Waals surface area contributed by atoms with Crippen LogP contribution in [0.15, 0.2) is 59.4 Å². The SMILES string of the molecule is Cc1ccc2[nH]c(=O)c(CNC3CCN(Cc4ccccc4)CC3)cc2c1. The topological polar surface area (TPSA) is 48.1 Å². The average molecular weight is 361 g/mol. The number of fused-ring (bicyclic) bond motifs is 1. The number of pyridine rings is 1. The number of aromatic nitrogens is 1. The molecule has 0 spiro atoms. The third-order valence-electron chi connectivity index (χ3n) is 5.49. The number of piperidine rings is 1. The molecule has 1 aromatic heterocycles. The van der Waals surface area contributed by atoms with Crippen LogP contribution >= 0.6 is 0 Å². The first-order chi connectivity index (χ1) is 13.2. The second-order valence-corrected chi connectivity index (χ2v) is 7.63. The van der Waals surface area contributed by atoms with Crippen molar-refractivity contribution in [2.45, 2.75) is 38.9 Å². The smallest absolute Gasteiger partial charge is 0.252 e. The van der Waals surface area contributed by atoms with Gasteiger partial charge in [-0.3, -0.25) is 9.69 Å². The van der Waals surface area contributed by atoms with E-state index in [1.165, 1.54) is 11.1 Å². The summed E-state index contributed by atoms with van der Waals surface area (Å²) in [6.45, 7) is 5.92. The largest absolute Gasteiger partial charge is 0.322 e. The van der Waals surface area contributed by atoms with Gasteiger partial charge in [0, 0.05) is 30.2 Å². The molecule has 0 unspecified atom stereocenters. The summed E-state index contributed by atoms with van der Waals surface area (Å²) in [5.41, 5.74) is 4.32. The van der Waals surface area contributed by atoms with Crippen molar-refractivity contribution in [2.75, 3.05) is 13.1 Å². The molecule has 0 amide bonds. The molecule has 140 valence electrons. The standard InChI is InChI=1S/C23H27N3O/c1-17-7-8-22-19(13-17)14-20(23(27)25-22)15-24-21-9-11-26(12-10-21)16-18-5-3-2-4-6-18/h2-8,13-14,21,24H,9-12,15-16H2,1H3,(H,25,27). The van der Waals surface area contributed by atoms with Gasteiger partial charge in [0.2, 0.25) is 0 Å². The lowest BCUT2D eigenvalue weighted by Gasteiger charge is -2.32. The lowest BCUT2D eigenvalue weighted by molar-refractivity contribution is 0.190. The molecule has 0 bridgehead atoms. The molecule has 2 aromatic carbocycles. The highest BCUT2D eigenvalue weighted by Gasteiger charge is 2.19. The molecular weight excluding hydrogens is 334 g/mol. The summed E-state index contributed by atoms with van der Waals surface area (Å²) in [6.07, 6.45) is 2.24. The van der Waals surface area contributed by atoms with Gasteiger partial charge in [-0.05, 0) is 62.0 Å². The van der Waals surface area contributed by atoms with Crippen molar-refractivity contribution in [1.82, 2.24) is 15.2 Å². The Morgan fingerprint density at radius 1 is 1.07 bits per heavy atom. The number of nitrogens with one attached hydrogen (secondary N) is 2. The molecule has 1 aliphatic heterocycles. The van der Waals surface area contributed by atoms with Gasteiger partial charge in [-0.1, -0.05) is 42.0 Å². The number of hydrogen-bond donors (Lipinski definition) is 2. The molecule has 0 aliphatic carbocycles. The third kappa shape index (κ3) is 4.46. The van der Waals surface area contributed by atoms with Gasteiger partial charge in [0.25, 0.3) is 5.56 Å². The van der Waals surface area contributed by atoms with Crippen LogP contribution in [0.1, 0.15) is 29.5 Å². The van der Waals surface area contributed by atoms with Gasteiger partial charge in [0.15, 0.2) is 0 Å². The predicted octanol–water partition coefficient (Wildman–Crippen LogP) is 3.59. The Morgan fingerprint density at radius 3 is 2.63 bits per heavy atom. The second-order valence-electron chi connectivity index (χ2n) is 7.63. The minimum atomic E-state index is 0.0142. The first kappa shape index (κ1) is 18.0. The molecule has 2 N–H and O–H groups in total. The highest BCUT2D eigenvalue weighted by molar-refractivity contribution is 5.79. The monoisotopic (exact) mass is 361 g/mol. The van der Waals surface area contributed by atoms with E-state index in [4.69, 9.17) is 0 Å². The van der Waals surface area contributed by atoms with E-state index in [0.29, 0.717) is 12.6 Å². The number of benzene rings is 2. The Morgan fingerprint density at radius 2 is 1.85 bits per heavy atom. The number of likely N-dealkylation sites (tertiary alicyclic amines) is 1. The Labute approximate surface area is 160 Å². The summed E-state index contributed by atoms with van der Waals surface area (Å²) < 4.78 is 0. The van der Waals surface area contributed by atoms with Gasteiger partial charge in [-0.25, -0.2) is 0 Å². The van der Waals surface area contributed by atoms with Gasteiger partial charge in [-0.15, -0.1) is 0 Å². The summed E-state index contributed by atoms with van der Waals surface area (Å²) in [5, 5.41) is 4.70. The van der Waals surface area contributed by atoms with E-state index >= 15 is 0 Å². The maximum Gasteiger partial charge on any atom is 0.252 e. The summed E-state index contributed by atoms with van der Waals surface area (Å²) >= 11 is 0. The molecule has 1 fully saturated rings. The zero-order valence-corrected chi connectivity index (χ0v) is 15.9. The van der Waals surface area contributed by atoms with Crippen LogP contribution in [-0.2, 0) is 13.1 Å². The fraction of sp³-hybridized carbons (Fsp3) is 0.348. The second kappa shape index (κ2) is 8.07. The summed E-state index contributed by atoms with van der Waals surface area (Å²) in [5.74, 6) is 0. The number of aryl methyl sites for hydroxylation is 1. The normalized spacial score (nSPS) is 16.0. The van der Waals surface area contributed by atoms with Gasteiger partial charge in [0.05, 0.1) is 0 Å². The lowest BCUT2D eigenvalue weighted by Crippen LogP contribution is -2.42. The van der Waals surface area contributed by atoms with Crippen LogP contribution in [-0.4, -0.2) is 29.0 Å². The minimum Gasteiger partial charge on any atom is -0.322 e. The average Bonchev–Trinajstić information content (AvgIpc) is 2.68. The Kier molecular flexibility index (Phi) is 5.37. The van der Waals surface area contributed by atoms with Gasteiger partial charge >= 0.3 is 0 Å². The number of H-pyrrole nitrogens is 1. The van der Waals surface area contributed by atoms with Crippen molar-refractivity contribution >= 4 is 10.9 Å².